The second kappa shape index (κ2) is 3.69. The summed E-state index contributed by atoms with van der Waals surface area (Å²) in [6, 6.07) is 2.94. The lowest BCUT2D eigenvalue weighted by Crippen LogP contribution is -2.21. The van der Waals surface area contributed by atoms with Gasteiger partial charge in [0.25, 0.3) is 10.0 Å². The molecule has 1 aromatic heterocycles. The summed E-state index contributed by atoms with van der Waals surface area (Å²) in [6.45, 7) is 0. The molecule has 0 radical (unpaired) electrons. The highest BCUT2D eigenvalue weighted by atomic mass is 35.5. The molecule has 0 aliphatic rings. The molecular formula is C7H10ClNO3S. The first-order valence-corrected chi connectivity index (χ1v) is 5.53. The van der Waals surface area contributed by atoms with Crippen molar-refractivity contribution in [2.75, 3.05) is 14.1 Å². The summed E-state index contributed by atoms with van der Waals surface area (Å²) >= 11 is 5.47. The van der Waals surface area contributed by atoms with Crippen molar-refractivity contribution in [3.63, 3.8) is 0 Å². The molecule has 0 saturated heterocycles. The highest BCUT2D eigenvalue weighted by Crippen LogP contribution is 2.17. The topological polar surface area (TPSA) is 50.5 Å². The summed E-state index contributed by atoms with van der Waals surface area (Å²) in [6.07, 6.45) is 0. The minimum absolute atomic E-state index is 0.0758. The van der Waals surface area contributed by atoms with Crippen molar-refractivity contribution in [2.45, 2.75) is 11.0 Å². The fourth-order valence-corrected chi connectivity index (χ4v) is 1.70. The van der Waals surface area contributed by atoms with E-state index in [-0.39, 0.29) is 11.0 Å². The summed E-state index contributed by atoms with van der Waals surface area (Å²) in [4.78, 5) is 0. The number of nitrogens with zero attached hydrogens (tertiary/aromatic N) is 1. The van der Waals surface area contributed by atoms with Gasteiger partial charge in [-0.25, -0.2) is 12.7 Å². The van der Waals surface area contributed by atoms with E-state index < -0.39 is 10.0 Å². The minimum atomic E-state index is -3.46. The molecular weight excluding hydrogens is 214 g/mol. The maximum atomic E-state index is 11.5. The molecule has 0 aliphatic heterocycles. The molecule has 0 spiro atoms. The van der Waals surface area contributed by atoms with E-state index in [1.54, 1.807) is 6.07 Å². The fraction of sp³-hybridized carbons (Fsp3) is 0.429. The summed E-state index contributed by atoms with van der Waals surface area (Å²) in [5.41, 5.74) is 0. The number of hydrogen-bond donors (Lipinski definition) is 0. The molecule has 0 aliphatic carbocycles. The van der Waals surface area contributed by atoms with Gasteiger partial charge in [-0.1, -0.05) is 0 Å². The number of halogens is 1. The van der Waals surface area contributed by atoms with Crippen LogP contribution >= 0.6 is 11.6 Å². The van der Waals surface area contributed by atoms with Crippen molar-refractivity contribution in [2.24, 2.45) is 0 Å². The van der Waals surface area contributed by atoms with Crippen LogP contribution < -0.4 is 0 Å². The number of furan rings is 1. The Kier molecular flexibility index (Phi) is 3.00. The molecule has 0 bridgehead atoms. The van der Waals surface area contributed by atoms with Gasteiger partial charge in [0.1, 0.15) is 5.76 Å². The molecule has 0 saturated carbocycles. The summed E-state index contributed by atoms with van der Waals surface area (Å²) in [5, 5.41) is -0.0758. The van der Waals surface area contributed by atoms with Gasteiger partial charge in [-0.05, 0) is 12.1 Å². The number of rotatable bonds is 3. The minimum Gasteiger partial charge on any atom is -0.447 e. The van der Waals surface area contributed by atoms with E-state index in [9.17, 15) is 8.42 Å². The Morgan fingerprint density at radius 1 is 1.46 bits per heavy atom. The van der Waals surface area contributed by atoms with E-state index >= 15 is 0 Å². The Morgan fingerprint density at radius 2 is 2.08 bits per heavy atom. The van der Waals surface area contributed by atoms with Gasteiger partial charge in [0, 0.05) is 14.1 Å². The van der Waals surface area contributed by atoms with Gasteiger partial charge in [-0.3, -0.25) is 0 Å². The largest absolute Gasteiger partial charge is 0.447 e. The van der Waals surface area contributed by atoms with Crippen molar-refractivity contribution in [3.05, 3.63) is 17.9 Å². The Hall–Kier alpha value is -0.520. The second-order valence-corrected chi connectivity index (χ2v) is 4.99. The van der Waals surface area contributed by atoms with Crippen molar-refractivity contribution >= 4 is 21.6 Å². The predicted octanol–water partition coefficient (Wildman–Crippen LogP) is 1.27. The third kappa shape index (κ3) is 2.04. The molecule has 0 unspecified atom stereocenters. The smallest absolute Gasteiger partial charge is 0.275 e. The van der Waals surface area contributed by atoms with Gasteiger partial charge < -0.3 is 4.42 Å². The molecule has 0 aromatic carbocycles. The second-order valence-electron chi connectivity index (χ2n) is 2.64. The van der Waals surface area contributed by atoms with E-state index in [0.717, 1.165) is 4.31 Å². The van der Waals surface area contributed by atoms with Crippen LogP contribution in [0.25, 0.3) is 0 Å². The quantitative estimate of drug-likeness (QED) is 0.726. The zero-order valence-electron chi connectivity index (χ0n) is 7.32. The molecule has 0 fully saturated rings. The van der Waals surface area contributed by atoms with Crippen molar-refractivity contribution in [1.29, 1.82) is 0 Å². The lowest BCUT2D eigenvalue weighted by atomic mass is 10.5. The van der Waals surface area contributed by atoms with Crippen LogP contribution in [0, 0.1) is 0 Å². The van der Waals surface area contributed by atoms with Gasteiger partial charge in [0.2, 0.25) is 5.09 Å². The van der Waals surface area contributed by atoms with Crippen LogP contribution in [-0.2, 0) is 15.9 Å². The fourth-order valence-electron chi connectivity index (χ4n) is 0.749. The van der Waals surface area contributed by atoms with E-state index in [4.69, 9.17) is 16.0 Å². The molecule has 1 rings (SSSR count). The maximum Gasteiger partial charge on any atom is 0.275 e. The van der Waals surface area contributed by atoms with E-state index in [1.807, 2.05) is 0 Å². The number of alkyl halides is 1. The van der Waals surface area contributed by atoms with Crippen molar-refractivity contribution in [1.82, 2.24) is 4.31 Å². The number of sulfonamides is 1. The third-order valence-electron chi connectivity index (χ3n) is 1.50. The van der Waals surface area contributed by atoms with Crippen LogP contribution in [0.3, 0.4) is 0 Å². The third-order valence-corrected chi connectivity index (χ3v) is 3.46. The Morgan fingerprint density at radius 3 is 2.46 bits per heavy atom. The van der Waals surface area contributed by atoms with Crippen LogP contribution in [0.2, 0.25) is 0 Å². The zero-order valence-corrected chi connectivity index (χ0v) is 8.89. The van der Waals surface area contributed by atoms with Crippen LogP contribution in [0.15, 0.2) is 21.6 Å². The van der Waals surface area contributed by atoms with E-state index in [1.165, 1.54) is 20.2 Å². The maximum absolute atomic E-state index is 11.5. The normalized spacial score (nSPS) is 12.3. The number of hydrogen-bond acceptors (Lipinski definition) is 3. The van der Waals surface area contributed by atoms with Crippen LogP contribution in [0.4, 0.5) is 0 Å². The molecule has 0 atom stereocenters. The Balaban J connectivity index is 3.09. The average Bonchev–Trinajstić information content (AvgIpc) is 2.51. The monoisotopic (exact) mass is 223 g/mol. The van der Waals surface area contributed by atoms with E-state index in [2.05, 4.69) is 0 Å². The van der Waals surface area contributed by atoms with Crippen molar-refractivity contribution in [3.8, 4) is 0 Å². The lowest BCUT2D eigenvalue weighted by molar-refractivity contribution is 0.407. The van der Waals surface area contributed by atoms with Gasteiger partial charge in [0.15, 0.2) is 0 Å². The van der Waals surface area contributed by atoms with Crippen LogP contribution in [-0.4, -0.2) is 26.8 Å². The van der Waals surface area contributed by atoms with Crippen LogP contribution in [0.5, 0.6) is 0 Å². The molecule has 1 heterocycles. The molecule has 0 amide bonds. The molecule has 6 heteroatoms. The first kappa shape index (κ1) is 10.6. The SMILES string of the molecule is CN(C)S(=O)(=O)c1ccc(CCl)o1. The van der Waals surface area contributed by atoms with Gasteiger partial charge in [-0.15, -0.1) is 11.6 Å². The highest BCUT2D eigenvalue weighted by molar-refractivity contribution is 7.88. The van der Waals surface area contributed by atoms with Gasteiger partial charge >= 0.3 is 0 Å². The summed E-state index contributed by atoms with van der Waals surface area (Å²) < 4.78 is 29.0. The molecule has 0 N–H and O–H groups in total. The average molecular weight is 224 g/mol. The summed E-state index contributed by atoms with van der Waals surface area (Å²) in [7, 11) is -0.573. The first-order valence-electron chi connectivity index (χ1n) is 3.55. The Bertz CT molecular complexity index is 382. The predicted molar refractivity (Wildman–Crippen MR) is 49.1 cm³/mol. The summed E-state index contributed by atoms with van der Waals surface area (Å²) in [5.74, 6) is 0.616. The zero-order chi connectivity index (χ0) is 10.1. The standard InChI is InChI=1S/C7H10ClNO3S/c1-9(2)13(10,11)7-4-3-6(5-8)12-7/h3-4H,5H2,1-2H3. The highest BCUT2D eigenvalue weighted by Gasteiger charge is 2.20. The van der Waals surface area contributed by atoms with Gasteiger partial charge in [0.05, 0.1) is 5.88 Å². The molecule has 4 nitrogen and oxygen atoms in total. The molecule has 74 valence electrons. The van der Waals surface area contributed by atoms with Crippen LogP contribution in [0.1, 0.15) is 5.76 Å². The van der Waals surface area contributed by atoms with Gasteiger partial charge in [-0.2, -0.15) is 0 Å². The van der Waals surface area contributed by atoms with E-state index in [0.29, 0.717) is 5.76 Å². The Labute approximate surface area is 82.1 Å². The van der Waals surface area contributed by atoms with Crippen molar-refractivity contribution < 1.29 is 12.8 Å². The lowest BCUT2D eigenvalue weighted by Gasteiger charge is -2.07. The molecule has 13 heavy (non-hydrogen) atoms. The molecule has 1 aromatic rings. The first-order chi connectivity index (χ1) is 5.98.